The molecule has 124 valence electrons. The lowest BCUT2D eigenvalue weighted by Gasteiger charge is -2.42. The fourth-order valence-electron chi connectivity index (χ4n) is 3.56. The number of carbonyl (C=O) groups excluding carboxylic acids is 1. The van der Waals surface area contributed by atoms with E-state index < -0.39 is 11.6 Å². The van der Waals surface area contributed by atoms with Crippen LogP contribution in [0.1, 0.15) is 38.7 Å². The molecule has 3 heterocycles. The summed E-state index contributed by atoms with van der Waals surface area (Å²) >= 11 is 0. The number of hydrogen-bond acceptors (Lipinski definition) is 4. The summed E-state index contributed by atoms with van der Waals surface area (Å²) in [4.78, 5) is 14.9. The summed E-state index contributed by atoms with van der Waals surface area (Å²) in [6, 6.07) is 9.03. The van der Waals surface area contributed by atoms with E-state index in [9.17, 15) is 9.90 Å². The Kier molecular flexibility index (Phi) is 4.44. The van der Waals surface area contributed by atoms with Crippen molar-refractivity contribution in [2.24, 2.45) is 11.8 Å². The predicted molar refractivity (Wildman–Crippen MR) is 88.3 cm³/mol. The van der Waals surface area contributed by atoms with Crippen LogP contribution in [0.2, 0.25) is 0 Å². The molecule has 4 rings (SSSR count). The molecule has 3 fully saturated rings. The Hall–Kier alpha value is -1.81. The van der Waals surface area contributed by atoms with Gasteiger partial charge >= 0.3 is 5.97 Å². The maximum absolute atomic E-state index is 12.6. The normalized spacial score (nSPS) is 22.4. The highest BCUT2D eigenvalue weighted by atomic mass is 16.5. The van der Waals surface area contributed by atoms with Crippen molar-refractivity contribution >= 4 is 5.97 Å². The second kappa shape index (κ2) is 6.36. The molecule has 23 heavy (non-hydrogen) atoms. The van der Waals surface area contributed by atoms with E-state index in [1.807, 2.05) is 32.0 Å². The van der Waals surface area contributed by atoms with Crippen molar-refractivity contribution in [3.05, 3.63) is 47.9 Å². The molecule has 1 unspecified atom stereocenters. The second-order valence-electron chi connectivity index (χ2n) is 6.94. The van der Waals surface area contributed by atoms with Gasteiger partial charge in [-0.1, -0.05) is 44.2 Å². The molecule has 0 radical (unpaired) electrons. The summed E-state index contributed by atoms with van der Waals surface area (Å²) in [5, 5.41) is 11.0. The Labute approximate surface area is 137 Å². The summed E-state index contributed by atoms with van der Waals surface area (Å²) in [6.45, 7) is 5.74. The number of hydrogen-bond donors (Lipinski definition) is 1. The van der Waals surface area contributed by atoms with Crippen molar-refractivity contribution in [2.75, 3.05) is 13.1 Å². The fraction of sp³-hybridized carbons (Fsp3) is 0.526. The van der Waals surface area contributed by atoms with Crippen LogP contribution in [0.5, 0.6) is 0 Å². The van der Waals surface area contributed by atoms with E-state index in [0.717, 1.165) is 25.2 Å². The summed E-state index contributed by atoms with van der Waals surface area (Å²) in [7, 11) is 0. The van der Waals surface area contributed by atoms with Gasteiger partial charge in [0.05, 0.1) is 0 Å². The molecule has 3 aliphatic rings. The molecule has 0 aromatic heterocycles. The lowest BCUT2D eigenvalue weighted by molar-refractivity contribution is -0.166. The third-order valence-corrected chi connectivity index (χ3v) is 5.18. The smallest absolute Gasteiger partial charge is 0.347 e. The van der Waals surface area contributed by atoms with Crippen LogP contribution in [-0.4, -0.2) is 29.1 Å². The number of allylic oxidation sites excluding steroid dienone is 1. The molecule has 1 aromatic rings. The first-order valence-corrected chi connectivity index (χ1v) is 8.44. The van der Waals surface area contributed by atoms with Crippen molar-refractivity contribution in [1.82, 2.24) is 4.90 Å². The Bertz CT molecular complexity index is 588. The lowest BCUT2D eigenvalue weighted by atomic mass is 9.83. The molecule has 3 aliphatic heterocycles. The Morgan fingerprint density at radius 2 is 1.96 bits per heavy atom. The van der Waals surface area contributed by atoms with Crippen LogP contribution in [0.15, 0.2) is 42.3 Å². The quantitative estimate of drug-likeness (QED) is 0.685. The SMILES string of the molecule is CC(C)C(O)(C(=O)O/C=C1/CC2CCN1CC2)c1ccccc1. The molecule has 3 saturated heterocycles. The number of fused-ring (bicyclic) bond motifs is 3. The van der Waals surface area contributed by atoms with Crippen LogP contribution in [-0.2, 0) is 15.1 Å². The van der Waals surface area contributed by atoms with Crippen molar-refractivity contribution < 1.29 is 14.6 Å². The third-order valence-electron chi connectivity index (χ3n) is 5.18. The van der Waals surface area contributed by atoms with E-state index in [0.29, 0.717) is 11.5 Å². The van der Waals surface area contributed by atoms with Gasteiger partial charge in [0.1, 0.15) is 6.26 Å². The maximum Gasteiger partial charge on any atom is 0.347 e. The average Bonchev–Trinajstić information content (AvgIpc) is 2.60. The first-order valence-electron chi connectivity index (χ1n) is 8.44. The molecule has 0 amide bonds. The Morgan fingerprint density at radius 1 is 1.30 bits per heavy atom. The minimum Gasteiger partial charge on any atom is -0.430 e. The molecule has 0 aliphatic carbocycles. The van der Waals surface area contributed by atoms with Crippen LogP contribution >= 0.6 is 0 Å². The molecule has 0 saturated carbocycles. The van der Waals surface area contributed by atoms with Crippen LogP contribution in [0.3, 0.4) is 0 Å². The van der Waals surface area contributed by atoms with E-state index in [4.69, 9.17) is 4.74 Å². The molecule has 2 bridgehead atoms. The van der Waals surface area contributed by atoms with Gasteiger partial charge in [-0.3, -0.25) is 0 Å². The topological polar surface area (TPSA) is 49.8 Å². The molecule has 1 N–H and O–H groups in total. The minimum atomic E-state index is -1.62. The number of ether oxygens (including phenoxy) is 1. The van der Waals surface area contributed by atoms with E-state index in [1.54, 1.807) is 18.4 Å². The maximum atomic E-state index is 12.6. The Morgan fingerprint density at radius 3 is 2.48 bits per heavy atom. The van der Waals surface area contributed by atoms with Crippen molar-refractivity contribution in [3.63, 3.8) is 0 Å². The molecular weight excluding hydrogens is 290 g/mol. The molecule has 4 heteroatoms. The standard InChI is InChI=1S/C19H25NO3/c1-14(2)19(22,16-6-4-3-5-7-16)18(21)23-13-17-12-15-8-10-20(17)11-9-15/h3-7,13-15,22H,8-12H2,1-2H3/b17-13-. The molecular formula is C19H25NO3. The highest BCUT2D eigenvalue weighted by Crippen LogP contribution is 2.35. The van der Waals surface area contributed by atoms with Gasteiger partial charge in [0.2, 0.25) is 0 Å². The summed E-state index contributed by atoms with van der Waals surface area (Å²) < 4.78 is 5.42. The van der Waals surface area contributed by atoms with Crippen molar-refractivity contribution in [2.45, 2.75) is 38.7 Å². The Balaban J connectivity index is 1.77. The first-order chi connectivity index (χ1) is 11.0. The zero-order valence-electron chi connectivity index (χ0n) is 13.9. The fourth-order valence-corrected chi connectivity index (χ4v) is 3.56. The zero-order chi connectivity index (χ0) is 16.4. The summed E-state index contributed by atoms with van der Waals surface area (Å²) in [6.07, 6.45) is 4.99. The number of benzene rings is 1. The molecule has 4 nitrogen and oxygen atoms in total. The van der Waals surface area contributed by atoms with Crippen molar-refractivity contribution in [3.8, 4) is 0 Å². The first kappa shape index (κ1) is 16.1. The van der Waals surface area contributed by atoms with Gasteiger partial charge in [-0.15, -0.1) is 0 Å². The van der Waals surface area contributed by atoms with Gasteiger partial charge in [-0.25, -0.2) is 4.79 Å². The van der Waals surface area contributed by atoms with Crippen LogP contribution < -0.4 is 0 Å². The number of nitrogens with zero attached hydrogens (tertiary/aromatic N) is 1. The van der Waals surface area contributed by atoms with Gasteiger partial charge < -0.3 is 14.7 Å². The van der Waals surface area contributed by atoms with Gasteiger partial charge in [0, 0.05) is 18.8 Å². The third kappa shape index (κ3) is 3.00. The highest BCUT2D eigenvalue weighted by molar-refractivity contribution is 5.82. The lowest BCUT2D eigenvalue weighted by Crippen LogP contribution is -2.42. The number of piperidine rings is 3. The molecule has 1 aromatic carbocycles. The van der Waals surface area contributed by atoms with Gasteiger partial charge in [-0.2, -0.15) is 0 Å². The summed E-state index contributed by atoms with van der Waals surface area (Å²) in [5.41, 5.74) is 0.0327. The van der Waals surface area contributed by atoms with Gasteiger partial charge in [0.25, 0.3) is 0 Å². The van der Waals surface area contributed by atoms with E-state index >= 15 is 0 Å². The average molecular weight is 315 g/mol. The highest BCUT2D eigenvalue weighted by Gasteiger charge is 2.43. The van der Waals surface area contributed by atoms with E-state index in [-0.39, 0.29) is 5.92 Å². The monoisotopic (exact) mass is 315 g/mol. The van der Waals surface area contributed by atoms with E-state index in [1.165, 1.54) is 12.8 Å². The van der Waals surface area contributed by atoms with Gasteiger partial charge in [0.15, 0.2) is 5.60 Å². The summed E-state index contributed by atoms with van der Waals surface area (Å²) in [5.74, 6) is -0.171. The number of aliphatic hydroxyl groups is 1. The van der Waals surface area contributed by atoms with Crippen LogP contribution in [0.25, 0.3) is 0 Å². The van der Waals surface area contributed by atoms with Gasteiger partial charge in [-0.05, 0) is 36.7 Å². The van der Waals surface area contributed by atoms with Crippen LogP contribution in [0.4, 0.5) is 0 Å². The second-order valence-corrected chi connectivity index (χ2v) is 6.94. The van der Waals surface area contributed by atoms with Crippen molar-refractivity contribution in [1.29, 1.82) is 0 Å². The molecule has 1 atom stereocenters. The zero-order valence-corrected chi connectivity index (χ0v) is 13.9. The predicted octanol–water partition coefficient (Wildman–Crippen LogP) is 3.03. The largest absolute Gasteiger partial charge is 0.430 e. The van der Waals surface area contributed by atoms with E-state index in [2.05, 4.69) is 4.90 Å². The van der Waals surface area contributed by atoms with Crippen LogP contribution in [0, 0.1) is 11.8 Å². The molecule has 0 spiro atoms. The minimum absolute atomic E-state index is 0.279. The number of esters is 1. The number of rotatable bonds is 4. The number of carbonyl (C=O) groups is 1.